The number of rotatable bonds is 9. The number of amides is 3. The number of ether oxygens (including phenoxy) is 2. The Hall–Kier alpha value is -3.34. The second-order valence-electron chi connectivity index (χ2n) is 8.51. The van der Waals surface area contributed by atoms with Crippen LogP contribution in [0.15, 0.2) is 24.3 Å². The molecule has 0 aliphatic heterocycles. The number of esters is 1. The first-order valence-corrected chi connectivity index (χ1v) is 10.4. The molecule has 0 bridgehead atoms. The fourth-order valence-corrected chi connectivity index (χ4v) is 2.92. The first-order chi connectivity index (χ1) is 15.3. The maximum atomic E-state index is 13.4. The number of phenols is 1. The molecule has 1 aromatic rings. The van der Waals surface area contributed by atoms with Crippen LogP contribution in [0.1, 0.15) is 46.2 Å². The molecule has 0 radical (unpaired) electrons. The number of methoxy groups -OCH3 is 1. The highest BCUT2D eigenvalue weighted by molar-refractivity contribution is 5.93. The van der Waals surface area contributed by atoms with E-state index in [9.17, 15) is 29.4 Å². The molecule has 33 heavy (non-hydrogen) atoms. The van der Waals surface area contributed by atoms with E-state index >= 15 is 0 Å². The van der Waals surface area contributed by atoms with Crippen LogP contribution in [0, 0.1) is 0 Å². The standard InChI is InChI=1S/C22H33N3O8/c1-13(2)25(20(30)16(12-26)24-21(31)33-22(3,4)5)18(14-7-9-15(27)10-8-14)19(29)23-11-17(28)32-6/h7-10,13,16,18,26-27H,11-12H2,1-6H3,(H,23,29)(H,24,31). The number of hydrogen-bond donors (Lipinski definition) is 4. The van der Waals surface area contributed by atoms with Gasteiger partial charge in [0.05, 0.1) is 13.7 Å². The van der Waals surface area contributed by atoms with Gasteiger partial charge in [-0.1, -0.05) is 12.1 Å². The van der Waals surface area contributed by atoms with Gasteiger partial charge in [-0.3, -0.25) is 14.4 Å². The normalized spacial score (nSPS) is 13.0. The summed E-state index contributed by atoms with van der Waals surface area (Å²) in [5.41, 5.74) is -0.487. The van der Waals surface area contributed by atoms with Gasteiger partial charge >= 0.3 is 12.1 Å². The van der Waals surface area contributed by atoms with Crippen LogP contribution in [0.25, 0.3) is 0 Å². The SMILES string of the molecule is COC(=O)CNC(=O)C(c1ccc(O)cc1)N(C(=O)C(CO)NC(=O)OC(C)(C)C)C(C)C. The summed E-state index contributed by atoms with van der Waals surface area (Å²) < 4.78 is 9.69. The number of benzene rings is 1. The average Bonchev–Trinajstić information content (AvgIpc) is 2.72. The van der Waals surface area contributed by atoms with Crippen molar-refractivity contribution in [1.29, 1.82) is 0 Å². The number of alkyl carbamates (subject to hydrolysis) is 1. The molecule has 184 valence electrons. The van der Waals surface area contributed by atoms with E-state index in [-0.39, 0.29) is 5.75 Å². The molecule has 0 aliphatic carbocycles. The molecule has 0 saturated heterocycles. The molecular formula is C22H33N3O8. The summed E-state index contributed by atoms with van der Waals surface area (Å²) in [6.45, 7) is 7.08. The van der Waals surface area contributed by atoms with Crippen LogP contribution in [0.2, 0.25) is 0 Å². The van der Waals surface area contributed by atoms with Gasteiger partial charge in [0, 0.05) is 6.04 Å². The monoisotopic (exact) mass is 467 g/mol. The maximum Gasteiger partial charge on any atom is 0.408 e. The molecule has 11 heteroatoms. The smallest absolute Gasteiger partial charge is 0.408 e. The predicted octanol–water partition coefficient (Wildman–Crippen LogP) is 0.845. The number of hydrogen-bond acceptors (Lipinski definition) is 8. The summed E-state index contributed by atoms with van der Waals surface area (Å²) in [5, 5.41) is 24.2. The Balaban J connectivity index is 3.31. The molecule has 2 atom stereocenters. The van der Waals surface area contributed by atoms with Crippen LogP contribution < -0.4 is 10.6 Å². The Morgan fingerprint density at radius 1 is 1.09 bits per heavy atom. The molecule has 0 fully saturated rings. The van der Waals surface area contributed by atoms with Crippen molar-refractivity contribution in [3.63, 3.8) is 0 Å². The van der Waals surface area contributed by atoms with Crippen molar-refractivity contribution in [2.45, 2.75) is 58.3 Å². The third-order valence-corrected chi connectivity index (χ3v) is 4.35. The third-order valence-electron chi connectivity index (χ3n) is 4.35. The van der Waals surface area contributed by atoms with Crippen LogP contribution in [-0.2, 0) is 23.9 Å². The molecule has 0 heterocycles. The zero-order chi connectivity index (χ0) is 25.3. The van der Waals surface area contributed by atoms with Crippen LogP contribution in [0.3, 0.4) is 0 Å². The molecular weight excluding hydrogens is 434 g/mol. The molecule has 3 amide bonds. The van der Waals surface area contributed by atoms with Crippen LogP contribution >= 0.6 is 0 Å². The predicted molar refractivity (Wildman–Crippen MR) is 118 cm³/mol. The fourth-order valence-electron chi connectivity index (χ4n) is 2.92. The number of aliphatic hydroxyl groups excluding tert-OH is 1. The number of aromatic hydroxyl groups is 1. The number of carbonyl (C=O) groups is 4. The molecule has 0 aliphatic rings. The minimum Gasteiger partial charge on any atom is -0.508 e. The van der Waals surface area contributed by atoms with Gasteiger partial charge < -0.3 is 35.2 Å². The lowest BCUT2D eigenvalue weighted by molar-refractivity contribution is -0.146. The zero-order valence-corrected chi connectivity index (χ0v) is 19.7. The highest BCUT2D eigenvalue weighted by Crippen LogP contribution is 2.26. The summed E-state index contributed by atoms with van der Waals surface area (Å²) in [5.74, 6) is -2.17. The molecule has 0 saturated carbocycles. The lowest BCUT2D eigenvalue weighted by atomic mass is 10.0. The molecule has 11 nitrogen and oxygen atoms in total. The summed E-state index contributed by atoms with van der Waals surface area (Å²) in [6.07, 6.45) is -0.907. The summed E-state index contributed by atoms with van der Waals surface area (Å²) >= 11 is 0. The fraction of sp³-hybridized carbons (Fsp3) is 0.545. The number of nitrogens with one attached hydrogen (secondary N) is 2. The van der Waals surface area contributed by atoms with Crippen molar-refractivity contribution < 1.29 is 38.9 Å². The summed E-state index contributed by atoms with van der Waals surface area (Å²) in [7, 11) is 1.17. The zero-order valence-electron chi connectivity index (χ0n) is 19.7. The first-order valence-electron chi connectivity index (χ1n) is 10.4. The molecule has 4 N–H and O–H groups in total. The first kappa shape index (κ1) is 27.7. The second-order valence-corrected chi connectivity index (χ2v) is 8.51. The van der Waals surface area contributed by atoms with Gasteiger partial charge in [-0.05, 0) is 52.3 Å². The van der Waals surface area contributed by atoms with Crippen molar-refractivity contribution in [2.24, 2.45) is 0 Å². The largest absolute Gasteiger partial charge is 0.508 e. The Kier molecular flexibility index (Phi) is 10.1. The maximum absolute atomic E-state index is 13.4. The van der Waals surface area contributed by atoms with E-state index in [1.807, 2.05) is 0 Å². The van der Waals surface area contributed by atoms with Crippen LogP contribution in [0.5, 0.6) is 5.75 Å². The molecule has 2 unspecified atom stereocenters. The van der Waals surface area contributed by atoms with Gasteiger partial charge in [0.2, 0.25) is 11.8 Å². The average molecular weight is 468 g/mol. The van der Waals surface area contributed by atoms with E-state index < -0.39 is 60.8 Å². The Labute approximate surface area is 193 Å². The minimum absolute atomic E-state index is 0.0466. The van der Waals surface area contributed by atoms with Crippen molar-refractivity contribution in [3.05, 3.63) is 29.8 Å². The molecule has 1 rings (SSSR count). The highest BCUT2D eigenvalue weighted by Gasteiger charge is 2.37. The second kappa shape index (κ2) is 12.0. The number of carbonyl (C=O) groups excluding carboxylic acids is 4. The Morgan fingerprint density at radius 3 is 2.12 bits per heavy atom. The van der Waals surface area contributed by atoms with E-state index in [0.717, 1.165) is 0 Å². The summed E-state index contributed by atoms with van der Waals surface area (Å²) in [4.78, 5) is 51.3. The molecule has 0 spiro atoms. The minimum atomic E-state index is -1.39. The van der Waals surface area contributed by atoms with Crippen molar-refractivity contribution in [2.75, 3.05) is 20.3 Å². The van der Waals surface area contributed by atoms with Crippen molar-refractivity contribution in [1.82, 2.24) is 15.5 Å². The lowest BCUT2D eigenvalue weighted by Gasteiger charge is -2.36. The number of phenolic OH excluding ortho intramolecular Hbond substituents is 1. The lowest BCUT2D eigenvalue weighted by Crippen LogP contribution is -2.56. The van der Waals surface area contributed by atoms with E-state index in [1.54, 1.807) is 34.6 Å². The number of nitrogens with zero attached hydrogens (tertiary/aromatic N) is 1. The van der Waals surface area contributed by atoms with E-state index in [0.29, 0.717) is 5.56 Å². The third kappa shape index (κ3) is 8.60. The van der Waals surface area contributed by atoms with Crippen molar-refractivity contribution >= 4 is 23.9 Å². The molecule has 1 aromatic carbocycles. The van der Waals surface area contributed by atoms with E-state index in [1.165, 1.54) is 36.3 Å². The topological polar surface area (TPSA) is 154 Å². The van der Waals surface area contributed by atoms with E-state index in [2.05, 4.69) is 15.4 Å². The molecule has 0 aromatic heterocycles. The van der Waals surface area contributed by atoms with Crippen molar-refractivity contribution in [3.8, 4) is 5.75 Å². The van der Waals surface area contributed by atoms with Crippen LogP contribution in [0.4, 0.5) is 4.79 Å². The van der Waals surface area contributed by atoms with Crippen LogP contribution in [-0.4, -0.2) is 76.9 Å². The Bertz CT molecular complexity index is 833. The highest BCUT2D eigenvalue weighted by atomic mass is 16.6. The quantitative estimate of drug-likeness (QED) is 0.390. The van der Waals surface area contributed by atoms with E-state index in [4.69, 9.17) is 4.74 Å². The summed E-state index contributed by atoms with van der Waals surface area (Å²) in [6, 6.07) is 2.41. The van der Waals surface area contributed by atoms with Gasteiger partial charge in [-0.2, -0.15) is 0 Å². The van der Waals surface area contributed by atoms with Gasteiger partial charge in [-0.25, -0.2) is 4.79 Å². The Morgan fingerprint density at radius 2 is 1.67 bits per heavy atom. The van der Waals surface area contributed by atoms with Gasteiger partial charge in [0.1, 0.15) is 30.0 Å². The van der Waals surface area contributed by atoms with Gasteiger partial charge in [0.15, 0.2) is 0 Å². The van der Waals surface area contributed by atoms with Gasteiger partial charge in [0.25, 0.3) is 0 Å². The number of aliphatic hydroxyl groups is 1. The van der Waals surface area contributed by atoms with Gasteiger partial charge in [-0.15, -0.1) is 0 Å².